The topological polar surface area (TPSA) is 59.1 Å². The Morgan fingerprint density at radius 2 is 2.06 bits per heavy atom. The molecule has 0 aliphatic heterocycles. The second-order valence-electron chi connectivity index (χ2n) is 4.70. The van der Waals surface area contributed by atoms with Gasteiger partial charge in [0.25, 0.3) is 0 Å². The number of pyridine rings is 1. The molecule has 18 heavy (non-hydrogen) atoms. The SMILES string of the molecule is CCCCCC(C)Nc1ccc(S(C)(=O)=O)nc1. The van der Waals surface area contributed by atoms with E-state index in [1.54, 1.807) is 12.3 Å². The van der Waals surface area contributed by atoms with Crippen molar-refractivity contribution in [1.82, 2.24) is 4.98 Å². The molecule has 0 aliphatic rings. The van der Waals surface area contributed by atoms with Gasteiger partial charge in [-0.15, -0.1) is 0 Å². The maximum absolute atomic E-state index is 11.3. The normalized spacial score (nSPS) is 13.3. The van der Waals surface area contributed by atoms with Gasteiger partial charge in [0.2, 0.25) is 0 Å². The monoisotopic (exact) mass is 270 g/mol. The van der Waals surface area contributed by atoms with Crippen LogP contribution >= 0.6 is 0 Å². The van der Waals surface area contributed by atoms with Crippen molar-refractivity contribution in [2.24, 2.45) is 0 Å². The molecule has 0 radical (unpaired) electrons. The van der Waals surface area contributed by atoms with Crippen molar-refractivity contribution in [3.05, 3.63) is 18.3 Å². The zero-order chi connectivity index (χ0) is 13.6. The lowest BCUT2D eigenvalue weighted by Gasteiger charge is -2.14. The van der Waals surface area contributed by atoms with Crippen LogP contribution in [0, 0.1) is 0 Å². The Hall–Kier alpha value is -1.10. The molecule has 0 bridgehead atoms. The predicted octanol–water partition coefficient (Wildman–Crippen LogP) is 2.87. The number of aromatic nitrogens is 1. The average molecular weight is 270 g/mol. The van der Waals surface area contributed by atoms with Crippen LogP contribution in [0.4, 0.5) is 5.69 Å². The third-order valence-corrected chi connectivity index (χ3v) is 3.77. The number of hydrogen-bond donors (Lipinski definition) is 1. The van der Waals surface area contributed by atoms with E-state index in [-0.39, 0.29) is 5.03 Å². The molecule has 1 aromatic rings. The van der Waals surface area contributed by atoms with Gasteiger partial charge >= 0.3 is 0 Å². The van der Waals surface area contributed by atoms with E-state index in [0.717, 1.165) is 18.4 Å². The van der Waals surface area contributed by atoms with Crippen molar-refractivity contribution in [2.45, 2.75) is 50.6 Å². The summed E-state index contributed by atoms with van der Waals surface area (Å²) in [6.45, 7) is 4.31. The molecular weight excluding hydrogens is 248 g/mol. The van der Waals surface area contributed by atoms with Gasteiger partial charge in [-0.05, 0) is 25.5 Å². The smallest absolute Gasteiger partial charge is 0.192 e. The van der Waals surface area contributed by atoms with Crippen LogP contribution in [0.3, 0.4) is 0 Å². The fourth-order valence-corrected chi connectivity index (χ4v) is 2.30. The van der Waals surface area contributed by atoms with Gasteiger partial charge in [-0.3, -0.25) is 0 Å². The molecule has 1 unspecified atom stereocenters. The molecule has 1 atom stereocenters. The van der Waals surface area contributed by atoms with E-state index in [1.165, 1.54) is 25.3 Å². The van der Waals surface area contributed by atoms with Crippen LogP contribution in [0.25, 0.3) is 0 Å². The average Bonchev–Trinajstić information content (AvgIpc) is 2.29. The maximum Gasteiger partial charge on any atom is 0.192 e. The van der Waals surface area contributed by atoms with E-state index in [9.17, 15) is 8.42 Å². The Morgan fingerprint density at radius 1 is 1.33 bits per heavy atom. The summed E-state index contributed by atoms with van der Waals surface area (Å²) >= 11 is 0. The van der Waals surface area contributed by atoms with Crippen LogP contribution in [0.5, 0.6) is 0 Å². The highest BCUT2D eigenvalue weighted by atomic mass is 32.2. The molecule has 1 heterocycles. The van der Waals surface area contributed by atoms with Gasteiger partial charge in [0, 0.05) is 12.3 Å². The summed E-state index contributed by atoms with van der Waals surface area (Å²) in [6, 6.07) is 3.68. The molecule has 0 aromatic carbocycles. The number of anilines is 1. The summed E-state index contributed by atoms with van der Waals surface area (Å²) in [5, 5.41) is 3.44. The zero-order valence-corrected chi connectivity index (χ0v) is 12.1. The van der Waals surface area contributed by atoms with Gasteiger partial charge < -0.3 is 5.32 Å². The Morgan fingerprint density at radius 3 is 2.56 bits per heavy atom. The highest BCUT2D eigenvalue weighted by molar-refractivity contribution is 7.90. The minimum atomic E-state index is -3.20. The Kier molecular flexibility index (Phi) is 5.59. The summed E-state index contributed by atoms with van der Waals surface area (Å²) in [5.74, 6) is 0. The van der Waals surface area contributed by atoms with E-state index in [1.807, 2.05) is 0 Å². The summed E-state index contributed by atoms with van der Waals surface area (Å²) < 4.78 is 22.5. The minimum Gasteiger partial charge on any atom is -0.381 e. The highest BCUT2D eigenvalue weighted by Gasteiger charge is 2.08. The first-order valence-corrected chi connectivity index (χ1v) is 8.25. The van der Waals surface area contributed by atoms with Gasteiger partial charge in [-0.2, -0.15) is 0 Å². The predicted molar refractivity (Wildman–Crippen MR) is 74.6 cm³/mol. The van der Waals surface area contributed by atoms with E-state index in [2.05, 4.69) is 24.1 Å². The number of sulfone groups is 1. The van der Waals surface area contributed by atoms with Crippen LogP contribution in [0.1, 0.15) is 39.5 Å². The molecule has 0 saturated heterocycles. The summed E-state index contributed by atoms with van der Waals surface area (Å²) in [5.41, 5.74) is 0.867. The third-order valence-electron chi connectivity index (χ3n) is 2.77. The molecule has 0 aliphatic carbocycles. The molecule has 0 fully saturated rings. The molecule has 102 valence electrons. The number of hydrogen-bond acceptors (Lipinski definition) is 4. The first kappa shape index (κ1) is 15.0. The third kappa shape index (κ3) is 5.04. The molecule has 1 rings (SSSR count). The summed E-state index contributed by atoms with van der Waals surface area (Å²) in [7, 11) is -3.20. The van der Waals surface area contributed by atoms with E-state index >= 15 is 0 Å². The van der Waals surface area contributed by atoms with Gasteiger partial charge in [0.15, 0.2) is 14.9 Å². The second-order valence-corrected chi connectivity index (χ2v) is 6.66. The van der Waals surface area contributed by atoms with Crippen molar-refractivity contribution in [1.29, 1.82) is 0 Å². The first-order valence-electron chi connectivity index (χ1n) is 6.36. The van der Waals surface area contributed by atoms with Gasteiger partial charge in [0.05, 0.1) is 11.9 Å². The largest absolute Gasteiger partial charge is 0.381 e. The summed E-state index contributed by atoms with van der Waals surface area (Å²) in [6.07, 6.45) is 7.53. The van der Waals surface area contributed by atoms with Crippen molar-refractivity contribution < 1.29 is 8.42 Å². The fourth-order valence-electron chi connectivity index (χ4n) is 1.74. The number of nitrogens with one attached hydrogen (secondary N) is 1. The molecule has 0 saturated carbocycles. The van der Waals surface area contributed by atoms with Crippen molar-refractivity contribution in [3.8, 4) is 0 Å². The maximum atomic E-state index is 11.3. The minimum absolute atomic E-state index is 0.117. The molecule has 0 spiro atoms. The highest BCUT2D eigenvalue weighted by Crippen LogP contribution is 2.13. The lowest BCUT2D eigenvalue weighted by Crippen LogP contribution is -2.15. The molecular formula is C13H22N2O2S. The van der Waals surface area contributed by atoms with Crippen LogP contribution in [-0.2, 0) is 9.84 Å². The molecule has 5 heteroatoms. The van der Waals surface area contributed by atoms with Crippen molar-refractivity contribution in [3.63, 3.8) is 0 Å². The summed E-state index contributed by atoms with van der Waals surface area (Å²) in [4.78, 5) is 3.95. The quantitative estimate of drug-likeness (QED) is 0.774. The number of nitrogens with zero attached hydrogens (tertiary/aromatic N) is 1. The molecule has 4 nitrogen and oxygen atoms in total. The lowest BCUT2D eigenvalue weighted by atomic mass is 10.1. The van der Waals surface area contributed by atoms with E-state index in [0.29, 0.717) is 6.04 Å². The van der Waals surface area contributed by atoms with Gasteiger partial charge in [0.1, 0.15) is 0 Å². The fraction of sp³-hybridized carbons (Fsp3) is 0.615. The molecule has 0 amide bonds. The van der Waals surface area contributed by atoms with Crippen LogP contribution in [0.2, 0.25) is 0 Å². The Labute approximate surface area is 110 Å². The molecule has 1 aromatic heterocycles. The zero-order valence-electron chi connectivity index (χ0n) is 11.3. The van der Waals surface area contributed by atoms with Crippen LogP contribution in [-0.4, -0.2) is 25.7 Å². The molecule has 1 N–H and O–H groups in total. The first-order chi connectivity index (χ1) is 8.43. The van der Waals surface area contributed by atoms with Crippen LogP contribution in [0.15, 0.2) is 23.4 Å². The lowest BCUT2D eigenvalue weighted by molar-refractivity contribution is 0.598. The Balaban J connectivity index is 2.53. The van der Waals surface area contributed by atoms with Crippen molar-refractivity contribution in [2.75, 3.05) is 11.6 Å². The van der Waals surface area contributed by atoms with Crippen LogP contribution < -0.4 is 5.32 Å². The Bertz CT molecular complexity index is 454. The van der Waals surface area contributed by atoms with E-state index in [4.69, 9.17) is 0 Å². The van der Waals surface area contributed by atoms with Crippen molar-refractivity contribution >= 4 is 15.5 Å². The van der Waals surface area contributed by atoms with Gasteiger partial charge in [-0.25, -0.2) is 13.4 Å². The van der Waals surface area contributed by atoms with Gasteiger partial charge in [-0.1, -0.05) is 26.2 Å². The van der Waals surface area contributed by atoms with E-state index < -0.39 is 9.84 Å². The standard InChI is InChI=1S/C13H22N2O2S/c1-4-5-6-7-11(2)15-12-8-9-13(14-10-12)18(3,16)17/h8-11,15H,4-7H2,1-3H3. The number of rotatable bonds is 7. The number of unbranched alkanes of at least 4 members (excludes halogenated alkanes) is 2. The second kappa shape index (κ2) is 6.73.